The van der Waals surface area contributed by atoms with Crippen molar-refractivity contribution in [1.29, 1.82) is 10.5 Å². The molecule has 0 spiro atoms. The Morgan fingerprint density at radius 3 is 1.45 bits per heavy atom. The molecule has 0 fully saturated rings. The minimum atomic E-state index is -2.09. The van der Waals surface area contributed by atoms with Gasteiger partial charge in [-0.3, -0.25) is 0 Å². The van der Waals surface area contributed by atoms with Crippen molar-refractivity contribution in [2.24, 2.45) is 0 Å². The van der Waals surface area contributed by atoms with Crippen molar-refractivity contribution in [1.82, 2.24) is 20.4 Å². The molecule has 346 valence electrons. The molecule has 6 aromatic rings. The zero-order chi connectivity index (χ0) is 49.1. The molecule has 0 unspecified atom stereocenters. The summed E-state index contributed by atoms with van der Waals surface area (Å²) in [5, 5.41) is 46.5. The lowest BCUT2D eigenvalue weighted by atomic mass is 9.90. The van der Waals surface area contributed by atoms with Crippen molar-refractivity contribution in [3.8, 4) is 35.0 Å². The molecule has 0 aliphatic heterocycles. The SMILES string of the molecule is [C-]#[N+]c1ccc(C[C@@H](c2nnc(-c3ccc(C#N)cc3)o2)[C@H](C)O)c(CCC)c1Cl.[C-]#[N+]c1ccc(C[C@@H](c2nnc(-c3ccc(C#N)cc3)o2)[C@H](C)O[Si](C)(C)C(C)(C)C)c(CCC)c1Cl. The van der Waals surface area contributed by atoms with E-state index in [1.807, 2.05) is 24.3 Å². The van der Waals surface area contributed by atoms with Gasteiger partial charge in [0.25, 0.3) is 0 Å². The molecule has 0 aliphatic rings. The van der Waals surface area contributed by atoms with Gasteiger partial charge >= 0.3 is 0 Å². The molecule has 4 atom stereocenters. The first-order chi connectivity index (χ1) is 31.9. The Labute approximate surface area is 405 Å². The van der Waals surface area contributed by atoms with Crippen molar-refractivity contribution >= 4 is 42.9 Å². The number of hydrogen-bond acceptors (Lipinski definition) is 10. The molecule has 0 bridgehead atoms. The summed E-state index contributed by atoms with van der Waals surface area (Å²) in [6.07, 6.45) is 3.46. The number of halogens is 2. The number of aliphatic hydroxyl groups excluding tert-OH is 1. The van der Waals surface area contributed by atoms with Gasteiger partial charge in [0.2, 0.25) is 34.9 Å². The average Bonchev–Trinajstić information content (AvgIpc) is 4.00. The first-order valence-electron chi connectivity index (χ1n) is 22.3. The fraction of sp³-hybridized carbons (Fsp3) is 0.385. The molecule has 0 aliphatic carbocycles. The van der Waals surface area contributed by atoms with Gasteiger partial charge in [0.15, 0.2) is 8.32 Å². The summed E-state index contributed by atoms with van der Waals surface area (Å²) in [5.41, 5.74) is 7.41. The molecule has 0 saturated heterocycles. The Balaban J connectivity index is 0.000000256. The largest absolute Gasteiger partial charge is 0.420 e. The van der Waals surface area contributed by atoms with E-state index in [1.165, 1.54) is 0 Å². The third kappa shape index (κ3) is 12.6. The van der Waals surface area contributed by atoms with E-state index in [4.69, 9.17) is 60.1 Å². The molecule has 2 aromatic heterocycles. The standard InChI is InChI=1S/C29H35ClN4O2Si.C23H21ClN4O2/c1-9-10-23-22(15-16-25(32-6)26(23)30)17-24(19(2)36-37(7,8)29(3,4)5)28-34-33-27(35-28)21-13-11-20(18-31)12-14-21;1-4-5-18-17(10-11-20(26-3)21(18)24)12-19(14(2)29)23-28-27-22(30-23)16-8-6-15(13-25)7-9-16/h11-16,19,24H,9-10,17H2,1-5,7-8H3;6-11,14,19,29H,4-5,12H2,1-2H3/t19-,24+;14-,19+/m00/s1. The van der Waals surface area contributed by atoms with Gasteiger partial charge in [0.1, 0.15) is 0 Å². The Hall–Kier alpha value is -6.16. The fourth-order valence-corrected chi connectivity index (χ4v) is 9.48. The number of aromatic nitrogens is 4. The summed E-state index contributed by atoms with van der Waals surface area (Å²) in [5.74, 6) is 0.930. The molecule has 2 heterocycles. The van der Waals surface area contributed by atoms with Gasteiger partial charge in [-0.15, -0.1) is 20.4 Å². The molecule has 0 radical (unpaired) electrons. The summed E-state index contributed by atoms with van der Waals surface area (Å²) < 4.78 is 18.9. The Morgan fingerprint density at radius 2 is 1.09 bits per heavy atom. The van der Waals surface area contributed by atoms with Crippen LogP contribution in [0.4, 0.5) is 11.4 Å². The normalized spacial score (nSPS) is 13.2. The molecule has 6 rings (SSSR count). The lowest BCUT2D eigenvalue weighted by molar-refractivity contribution is 0.148. The maximum atomic E-state index is 10.4. The molecular formula is C52H56Cl2N8O4Si. The topological polar surface area (TPSA) is 164 Å². The predicted molar refractivity (Wildman–Crippen MR) is 265 cm³/mol. The second kappa shape index (κ2) is 23.0. The Kier molecular flexibility index (Phi) is 17.8. The van der Waals surface area contributed by atoms with Crippen LogP contribution in [-0.2, 0) is 30.1 Å². The van der Waals surface area contributed by atoms with Crippen molar-refractivity contribution < 1.29 is 18.4 Å². The van der Waals surface area contributed by atoms with Crippen LogP contribution in [0.25, 0.3) is 32.6 Å². The molecule has 15 heteroatoms. The molecule has 0 saturated carbocycles. The van der Waals surface area contributed by atoms with Gasteiger partial charge in [0.05, 0.1) is 70.5 Å². The molecular weight excluding hydrogens is 900 g/mol. The van der Waals surface area contributed by atoms with E-state index in [0.717, 1.165) is 53.5 Å². The van der Waals surface area contributed by atoms with Gasteiger partial charge < -0.3 is 18.4 Å². The predicted octanol–water partition coefficient (Wildman–Crippen LogP) is 14.0. The minimum Gasteiger partial charge on any atom is -0.420 e. The highest BCUT2D eigenvalue weighted by molar-refractivity contribution is 6.74. The van der Waals surface area contributed by atoms with Crippen LogP contribution < -0.4 is 0 Å². The number of rotatable bonds is 16. The quantitative estimate of drug-likeness (QED) is 0.0729. The number of benzene rings is 4. The van der Waals surface area contributed by atoms with Crippen LogP contribution in [0.1, 0.15) is 118 Å². The van der Waals surface area contributed by atoms with Crippen molar-refractivity contribution in [2.75, 3.05) is 0 Å². The highest BCUT2D eigenvalue weighted by Gasteiger charge is 2.41. The molecule has 67 heavy (non-hydrogen) atoms. The minimum absolute atomic E-state index is 0.0439. The fourth-order valence-electron chi connectivity index (χ4n) is 7.39. The first kappa shape index (κ1) is 51.8. The summed E-state index contributed by atoms with van der Waals surface area (Å²) >= 11 is 13.1. The van der Waals surface area contributed by atoms with E-state index in [9.17, 15) is 5.11 Å². The van der Waals surface area contributed by atoms with E-state index in [1.54, 1.807) is 55.5 Å². The maximum absolute atomic E-state index is 10.4. The smallest absolute Gasteiger partial charge is 0.247 e. The average molecular weight is 956 g/mol. The highest BCUT2D eigenvalue weighted by atomic mass is 35.5. The monoisotopic (exact) mass is 954 g/mol. The molecule has 1 N–H and O–H groups in total. The van der Waals surface area contributed by atoms with Gasteiger partial charge in [-0.1, -0.05) is 94.9 Å². The van der Waals surface area contributed by atoms with Gasteiger partial charge in [-0.2, -0.15) is 10.5 Å². The lowest BCUT2D eigenvalue weighted by Crippen LogP contribution is -2.44. The van der Waals surface area contributed by atoms with Crippen molar-refractivity contribution in [2.45, 2.75) is 129 Å². The Morgan fingerprint density at radius 1 is 0.687 bits per heavy atom. The zero-order valence-corrected chi connectivity index (χ0v) is 42.0. The van der Waals surface area contributed by atoms with E-state index in [0.29, 0.717) is 74.5 Å². The van der Waals surface area contributed by atoms with Crippen LogP contribution in [0, 0.1) is 35.8 Å². The number of aliphatic hydroxyl groups is 1. The zero-order valence-electron chi connectivity index (χ0n) is 39.5. The second-order valence-corrected chi connectivity index (χ2v) is 23.5. The number of hydrogen-bond donors (Lipinski definition) is 1. The van der Waals surface area contributed by atoms with Gasteiger partial charge in [-0.05, 0) is 128 Å². The third-order valence-electron chi connectivity index (χ3n) is 12.2. The molecule has 4 aromatic carbocycles. The lowest BCUT2D eigenvalue weighted by Gasteiger charge is -2.40. The Bertz CT molecular complexity index is 2810. The van der Waals surface area contributed by atoms with Gasteiger partial charge in [0, 0.05) is 11.1 Å². The van der Waals surface area contributed by atoms with Crippen molar-refractivity contribution in [3.05, 3.63) is 151 Å². The van der Waals surface area contributed by atoms with E-state index < -0.39 is 20.3 Å². The van der Waals surface area contributed by atoms with E-state index in [-0.39, 0.29) is 17.1 Å². The van der Waals surface area contributed by atoms with Crippen LogP contribution in [0.5, 0.6) is 0 Å². The molecule has 12 nitrogen and oxygen atoms in total. The molecule has 0 amide bonds. The van der Waals surface area contributed by atoms with Crippen LogP contribution in [0.2, 0.25) is 28.2 Å². The highest BCUT2D eigenvalue weighted by Crippen LogP contribution is 2.42. The second-order valence-electron chi connectivity index (χ2n) is 18.0. The van der Waals surface area contributed by atoms with E-state index in [2.05, 4.69) is 96.9 Å². The maximum Gasteiger partial charge on any atom is 0.247 e. The van der Waals surface area contributed by atoms with Gasteiger partial charge in [-0.25, -0.2) is 9.69 Å². The number of nitrogens with zero attached hydrogens (tertiary/aromatic N) is 8. The van der Waals surface area contributed by atoms with Crippen LogP contribution in [0.3, 0.4) is 0 Å². The van der Waals surface area contributed by atoms with E-state index >= 15 is 0 Å². The van der Waals surface area contributed by atoms with Crippen LogP contribution in [-0.4, -0.2) is 46.0 Å². The first-order valence-corrected chi connectivity index (χ1v) is 26.0. The summed E-state index contributed by atoms with van der Waals surface area (Å²) in [4.78, 5) is 7.07. The van der Waals surface area contributed by atoms with Crippen LogP contribution >= 0.6 is 23.2 Å². The van der Waals surface area contributed by atoms with Crippen molar-refractivity contribution in [3.63, 3.8) is 0 Å². The summed E-state index contributed by atoms with van der Waals surface area (Å²) in [6, 6.07) is 25.5. The number of nitriles is 2. The van der Waals surface area contributed by atoms with Crippen LogP contribution in [0.15, 0.2) is 81.6 Å². The third-order valence-corrected chi connectivity index (χ3v) is 17.7. The summed E-state index contributed by atoms with van der Waals surface area (Å²) in [7, 11) is -2.09. The summed E-state index contributed by atoms with van der Waals surface area (Å²) in [6.45, 7) is 33.8.